The average molecular weight is 390 g/mol. The Hall–Kier alpha value is -2.76. The third-order valence-electron chi connectivity index (χ3n) is 5.32. The molecule has 0 N–H and O–H groups in total. The van der Waals surface area contributed by atoms with Crippen molar-refractivity contribution in [3.63, 3.8) is 0 Å². The van der Waals surface area contributed by atoms with E-state index < -0.39 is 0 Å². The SMILES string of the molecule is Cn1nc(CN2CCc3nc(-c4ccc(Cl)cc4)ncc3C2)c2ccccc21. The lowest BCUT2D eigenvalue weighted by atomic mass is 10.1. The largest absolute Gasteiger partial charge is 0.293 e. The lowest BCUT2D eigenvalue weighted by Crippen LogP contribution is -2.31. The normalized spacial score (nSPS) is 14.4. The van der Waals surface area contributed by atoms with Gasteiger partial charge in [-0.3, -0.25) is 9.58 Å². The van der Waals surface area contributed by atoms with E-state index in [2.05, 4.69) is 34.1 Å². The Morgan fingerprint density at radius 2 is 1.89 bits per heavy atom. The molecule has 0 atom stereocenters. The van der Waals surface area contributed by atoms with Gasteiger partial charge in [0.05, 0.1) is 16.9 Å². The van der Waals surface area contributed by atoms with Crippen LogP contribution in [0.1, 0.15) is 17.0 Å². The standard InChI is InChI=1S/C22H20ClN5/c1-27-21-5-3-2-4-18(21)20(26-27)14-28-11-10-19-16(13-28)12-24-22(25-19)15-6-8-17(23)9-7-15/h2-9,12H,10-11,13-14H2,1H3. The fraction of sp³-hybridized carbons (Fsp3) is 0.227. The summed E-state index contributed by atoms with van der Waals surface area (Å²) < 4.78 is 1.96. The summed E-state index contributed by atoms with van der Waals surface area (Å²) in [6.07, 6.45) is 2.89. The first-order valence-corrected chi connectivity index (χ1v) is 9.79. The molecule has 140 valence electrons. The van der Waals surface area contributed by atoms with E-state index in [0.717, 1.165) is 53.9 Å². The lowest BCUT2D eigenvalue weighted by molar-refractivity contribution is 0.240. The molecule has 0 saturated heterocycles. The van der Waals surface area contributed by atoms with Crippen LogP contribution in [-0.4, -0.2) is 31.2 Å². The zero-order chi connectivity index (χ0) is 19.1. The Morgan fingerprint density at radius 3 is 2.75 bits per heavy atom. The van der Waals surface area contributed by atoms with E-state index in [-0.39, 0.29) is 0 Å². The van der Waals surface area contributed by atoms with E-state index in [1.807, 2.05) is 42.2 Å². The molecule has 0 saturated carbocycles. The molecule has 5 nitrogen and oxygen atoms in total. The van der Waals surface area contributed by atoms with Crippen LogP contribution in [0.5, 0.6) is 0 Å². The number of fused-ring (bicyclic) bond motifs is 2. The Labute approximate surface area is 168 Å². The van der Waals surface area contributed by atoms with Crippen LogP contribution in [0, 0.1) is 0 Å². The molecule has 0 fully saturated rings. The van der Waals surface area contributed by atoms with E-state index in [1.165, 1.54) is 16.5 Å². The molecule has 0 amide bonds. The van der Waals surface area contributed by atoms with Crippen LogP contribution in [-0.2, 0) is 26.6 Å². The first-order chi connectivity index (χ1) is 13.7. The Balaban J connectivity index is 1.37. The van der Waals surface area contributed by atoms with Gasteiger partial charge in [0, 0.05) is 60.8 Å². The molecule has 28 heavy (non-hydrogen) atoms. The number of hydrogen-bond acceptors (Lipinski definition) is 4. The van der Waals surface area contributed by atoms with Crippen molar-refractivity contribution in [1.82, 2.24) is 24.6 Å². The van der Waals surface area contributed by atoms with Crippen LogP contribution >= 0.6 is 11.6 Å². The second-order valence-electron chi connectivity index (χ2n) is 7.22. The molecule has 4 aromatic rings. The van der Waals surface area contributed by atoms with Gasteiger partial charge in [-0.15, -0.1) is 0 Å². The van der Waals surface area contributed by atoms with Crippen molar-refractivity contribution >= 4 is 22.5 Å². The number of aromatic nitrogens is 4. The van der Waals surface area contributed by atoms with Gasteiger partial charge < -0.3 is 0 Å². The molecule has 2 aromatic heterocycles. The highest BCUT2D eigenvalue weighted by molar-refractivity contribution is 6.30. The summed E-state index contributed by atoms with van der Waals surface area (Å²) in [7, 11) is 2.00. The summed E-state index contributed by atoms with van der Waals surface area (Å²) in [6, 6.07) is 16.1. The van der Waals surface area contributed by atoms with Crippen LogP contribution in [0.3, 0.4) is 0 Å². The molecular formula is C22H20ClN5. The van der Waals surface area contributed by atoms with Crippen molar-refractivity contribution in [2.75, 3.05) is 6.54 Å². The van der Waals surface area contributed by atoms with Crippen LogP contribution in [0.15, 0.2) is 54.7 Å². The molecule has 0 spiro atoms. The summed E-state index contributed by atoms with van der Waals surface area (Å²) in [5, 5.41) is 6.68. The van der Waals surface area contributed by atoms with Crippen molar-refractivity contribution in [1.29, 1.82) is 0 Å². The summed E-state index contributed by atoms with van der Waals surface area (Å²) in [6.45, 7) is 2.65. The zero-order valence-electron chi connectivity index (χ0n) is 15.6. The number of hydrogen-bond donors (Lipinski definition) is 0. The maximum Gasteiger partial charge on any atom is 0.159 e. The molecular weight excluding hydrogens is 370 g/mol. The van der Waals surface area contributed by atoms with Crippen molar-refractivity contribution in [3.8, 4) is 11.4 Å². The van der Waals surface area contributed by atoms with Gasteiger partial charge in [-0.1, -0.05) is 29.8 Å². The van der Waals surface area contributed by atoms with Gasteiger partial charge in [-0.25, -0.2) is 9.97 Å². The smallest absolute Gasteiger partial charge is 0.159 e. The van der Waals surface area contributed by atoms with Crippen LogP contribution in [0.2, 0.25) is 5.02 Å². The molecule has 0 aliphatic carbocycles. The van der Waals surface area contributed by atoms with E-state index >= 15 is 0 Å². The minimum Gasteiger partial charge on any atom is -0.293 e. The van der Waals surface area contributed by atoms with Gasteiger partial charge in [0.25, 0.3) is 0 Å². The molecule has 5 rings (SSSR count). The second-order valence-corrected chi connectivity index (χ2v) is 7.66. The predicted molar refractivity (Wildman–Crippen MR) is 111 cm³/mol. The Morgan fingerprint density at radius 1 is 1.07 bits per heavy atom. The minimum atomic E-state index is 0.722. The molecule has 1 aliphatic heterocycles. The van der Waals surface area contributed by atoms with Crippen molar-refractivity contribution in [2.24, 2.45) is 7.05 Å². The fourth-order valence-electron chi connectivity index (χ4n) is 3.86. The topological polar surface area (TPSA) is 46.8 Å². The Kier molecular flexibility index (Phi) is 4.34. The summed E-state index contributed by atoms with van der Waals surface area (Å²) in [5.41, 5.74) is 5.63. The number of nitrogens with zero attached hydrogens (tertiary/aromatic N) is 5. The second kappa shape index (κ2) is 7.00. The highest BCUT2D eigenvalue weighted by atomic mass is 35.5. The third-order valence-corrected chi connectivity index (χ3v) is 5.58. The highest BCUT2D eigenvalue weighted by Crippen LogP contribution is 2.25. The van der Waals surface area contributed by atoms with Gasteiger partial charge in [0.2, 0.25) is 0 Å². The number of aryl methyl sites for hydroxylation is 1. The van der Waals surface area contributed by atoms with Crippen LogP contribution < -0.4 is 0 Å². The number of halogens is 1. The molecule has 0 radical (unpaired) electrons. The fourth-order valence-corrected chi connectivity index (χ4v) is 3.99. The monoisotopic (exact) mass is 389 g/mol. The Bertz CT molecular complexity index is 1150. The van der Waals surface area contributed by atoms with Gasteiger partial charge >= 0.3 is 0 Å². The predicted octanol–water partition coefficient (Wildman–Crippen LogP) is 4.24. The van der Waals surface area contributed by atoms with Crippen LogP contribution in [0.4, 0.5) is 0 Å². The first kappa shape index (κ1) is 17.3. The van der Waals surface area contributed by atoms with Crippen molar-refractivity contribution in [2.45, 2.75) is 19.5 Å². The molecule has 0 bridgehead atoms. The third kappa shape index (κ3) is 3.17. The van der Waals surface area contributed by atoms with Crippen molar-refractivity contribution < 1.29 is 0 Å². The summed E-state index contributed by atoms with van der Waals surface area (Å²) >= 11 is 5.98. The lowest BCUT2D eigenvalue weighted by Gasteiger charge is -2.27. The van der Waals surface area contributed by atoms with Gasteiger partial charge in [0.1, 0.15) is 0 Å². The van der Waals surface area contributed by atoms with E-state index in [0.29, 0.717) is 0 Å². The quantitative estimate of drug-likeness (QED) is 0.525. The molecule has 6 heteroatoms. The molecule has 0 unspecified atom stereocenters. The zero-order valence-corrected chi connectivity index (χ0v) is 16.4. The van der Waals surface area contributed by atoms with E-state index in [4.69, 9.17) is 21.7 Å². The van der Waals surface area contributed by atoms with E-state index in [9.17, 15) is 0 Å². The van der Waals surface area contributed by atoms with E-state index in [1.54, 1.807) is 0 Å². The minimum absolute atomic E-state index is 0.722. The van der Waals surface area contributed by atoms with Crippen molar-refractivity contribution in [3.05, 3.63) is 76.7 Å². The number of para-hydroxylation sites is 1. The molecule has 2 aromatic carbocycles. The number of rotatable bonds is 3. The van der Waals surface area contributed by atoms with Gasteiger partial charge in [-0.2, -0.15) is 5.10 Å². The van der Waals surface area contributed by atoms with Gasteiger partial charge in [-0.05, 0) is 30.3 Å². The van der Waals surface area contributed by atoms with Crippen LogP contribution in [0.25, 0.3) is 22.3 Å². The van der Waals surface area contributed by atoms with Gasteiger partial charge in [0.15, 0.2) is 5.82 Å². The molecule has 1 aliphatic rings. The number of benzene rings is 2. The summed E-state index contributed by atoms with van der Waals surface area (Å²) in [5.74, 6) is 0.764. The maximum absolute atomic E-state index is 5.98. The average Bonchev–Trinajstić information content (AvgIpc) is 3.04. The highest BCUT2D eigenvalue weighted by Gasteiger charge is 2.21. The summed E-state index contributed by atoms with van der Waals surface area (Å²) in [4.78, 5) is 11.8. The molecule has 3 heterocycles. The maximum atomic E-state index is 5.98. The first-order valence-electron chi connectivity index (χ1n) is 9.41.